The number of anilines is 2. The zero-order valence-corrected chi connectivity index (χ0v) is 11.7. The number of carbonyl (C=O) groups excluding carboxylic acids is 2. The molecule has 0 aliphatic rings. The second kappa shape index (κ2) is 7.21. The van der Waals surface area contributed by atoms with E-state index in [4.69, 9.17) is 5.73 Å². The number of nitrogens with zero attached hydrogens (tertiary/aromatic N) is 2. The zero-order chi connectivity index (χ0) is 12.1. The smallest absolute Gasteiger partial charge is 0.543 e. The minimum Gasteiger partial charge on any atom is -0.543 e. The Morgan fingerprint density at radius 1 is 1.53 bits per heavy atom. The Morgan fingerprint density at radius 3 is 2.65 bits per heavy atom. The summed E-state index contributed by atoms with van der Waals surface area (Å²) in [4.78, 5) is 28.9. The molecule has 0 aliphatic heterocycles. The number of amides is 1. The molecule has 1 rings (SSSR count). The number of hydrogen-bond donors (Lipinski definition) is 2. The molecule has 0 bridgehead atoms. The maximum atomic E-state index is 11.2. The average Bonchev–Trinajstić information content (AvgIpc) is 2.17. The number of aromatic nitrogens is 2. The standard InChI is InChI=1S/C9H12N4O3.Na/c1-2-3-6(14)12-5-4-11-7(9(15)16)8(10)13-5;/h4H,2-3H2,1H3,(H,15,16)(H3,10,12,13,14);/q;+1/p-1. The molecule has 7 nitrogen and oxygen atoms in total. The number of aromatic carboxylic acids is 1. The zero-order valence-electron chi connectivity index (χ0n) is 9.69. The predicted octanol–water partition coefficient (Wildman–Crippen LogP) is -3.84. The summed E-state index contributed by atoms with van der Waals surface area (Å²) >= 11 is 0. The Morgan fingerprint density at radius 2 is 2.18 bits per heavy atom. The van der Waals surface area contributed by atoms with Crippen LogP contribution in [0.2, 0.25) is 0 Å². The van der Waals surface area contributed by atoms with Crippen LogP contribution in [0.4, 0.5) is 11.6 Å². The summed E-state index contributed by atoms with van der Waals surface area (Å²) in [5.74, 6) is -1.89. The first kappa shape index (κ1) is 15.8. The average molecular weight is 246 g/mol. The molecule has 8 heteroatoms. The number of nitrogen functional groups attached to an aromatic ring is 1. The molecule has 1 heterocycles. The van der Waals surface area contributed by atoms with Crippen LogP contribution < -0.4 is 45.7 Å². The molecule has 0 spiro atoms. The maximum absolute atomic E-state index is 11.2. The molecule has 1 aromatic heterocycles. The van der Waals surface area contributed by atoms with E-state index in [0.717, 1.165) is 6.20 Å². The van der Waals surface area contributed by atoms with Crippen molar-refractivity contribution in [3.63, 3.8) is 0 Å². The van der Waals surface area contributed by atoms with Crippen LogP contribution in [0.15, 0.2) is 6.20 Å². The maximum Gasteiger partial charge on any atom is 1.00 e. The molecule has 0 saturated carbocycles. The van der Waals surface area contributed by atoms with Crippen LogP contribution >= 0.6 is 0 Å². The SMILES string of the molecule is CCCC(=O)Nc1cnc(C(=O)[O-])c(N)n1.[Na+]. The van der Waals surface area contributed by atoms with Crippen LogP contribution in [-0.2, 0) is 4.79 Å². The molecule has 0 fully saturated rings. The van der Waals surface area contributed by atoms with E-state index in [0.29, 0.717) is 12.8 Å². The van der Waals surface area contributed by atoms with Crippen molar-refractivity contribution in [1.29, 1.82) is 0 Å². The van der Waals surface area contributed by atoms with E-state index in [1.807, 2.05) is 6.92 Å². The van der Waals surface area contributed by atoms with Crippen molar-refractivity contribution in [3.05, 3.63) is 11.9 Å². The van der Waals surface area contributed by atoms with Crippen molar-refractivity contribution in [1.82, 2.24) is 9.97 Å². The minimum absolute atomic E-state index is 0. The minimum atomic E-state index is -1.50. The van der Waals surface area contributed by atoms with Crippen LogP contribution in [-0.4, -0.2) is 21.8 Å². The fourth-order valence-electron chi connectivity index (χ4n) is 1.05. The van der Waals surface area contributed by atoms with Crippen LogP contribution in [0, 0.1) is 0 Å². The summed E-state index contributed by atoms with van der Waals surface area (Å²) < 4.78 is 0. The van der Waals surface area contributed by atoms with Gasteiger partial charge in [0, 0.05) is 6.42 Å². The van der Waals surface area contributed by atoms with Gasteiger partial charge in [0.2, 0.25) is 5.91 Å². The van der Waals surface area contributed by atoms with Crippen molar-refractivity contribution >= 4 is 23.5 Å². The number of carboxylic acids is 1. The van der Waals surface area contributed by atoms with Gasteiger partial charge in [0.1, 0.15) is 5.69 Å². The van der Waals surface area contributed by atoms with Gasteiger partial charge in [0.25, 0.3) is 0 Å². The largest absolute Gasteiger partial charge is 1.00 e. The third-order valence-corrected chi connectivity index (χ3v) is 1.74. The van der Waals surface area contributed by atoms with Crippen molar-refractivity contribution in [2.75, 3.05) is 11.1 Å². The Kier molecular flexibility index (Phi) is 6.71. The molecule has 0 aromatic carbocycles. The molecular weight excluding hydrogens is 235 g/mol. The van der Waals surface area contributed by atoms with Gasteiger partial charge in [-0.15, -0.1) is 0 Å². The van der Waals surface area contributed by atoms with E-state index in [-0.39, 0.29) is 47.1 Å². The van der Waals surface area contributed by atoms with E-state index in [1.165, 1.54) is 0 Å². The van der Waals surface area contributed by atoms with Gasteiger partial charge < -0.3 is 21.0 Å². The summed E-state index contributed by atoms with van der Waals surface area (Å²) in [5.41, 5.74) is 4.89. The van der Waals surface area contributed by atoms with E-state index in [1.54, 1.807) is 0 Å². The molecule has 0 unspecified atom stereocenters. The summed E-state index contributed by atoms with van der Waals surface area (Å²) in [6.07, 6.45) is 2.17. The Labute approximate surface area is 120 Å². The number of carbonyl (C=O) groups is 2. The predicted molar refractivity (Wildman–Crippen MR) is 54.3 cm³/mol. The van der Waals surface area contributed by atoms with Gasteiger partial charge in [-0.25, -0.2) is 9.97 Å². The number of carboxylic acid groups (broad SMARTS) is 1. The van der Waals surface area contributed by atoms with Gasteiger partial charge in [0.05, 0.1) is 12.2 Å². The van der Waals surface area contributed by atoms with Crippen molar-refractivity contribution in [3.8, 4) is 0 Å². The first-order chi connectivity index (χ1) is 7.54. The van der Waals surface area contributed by atoms with Crippen LogP contribution in [0.1, 0.15) is 30.3 Å². The van der Waals surface area contributed by atoms with E-state index in [2.05, 4.69) is 15.3 Å². The van der Waals surface area contributed by atoms with Crippen molar-refractivity contribution in [2.24, 2.45) is 0 Å². The number of hydrogen-bond acceptors (Lipinski definition) is 6. The summed E-state index contributed by atoms with van der Waals surface area (Å²) in [7, 11) is 0. The fourth-order valence-corrected chi connectivity index (χ4v) is 1.05. The molecule has 86 valence electrons. The van der Waals surface area contributed by atoms with Gasteiger partial charge in [-0.05, 0) is 6.42 Å². The number of rotatable bonds is 4. The van der Waals surface area contributed by atoms with Gasteiger partial charge in [-0.2, -0.15) is 0 Å². The molecule has 17 heavy (non-hydrogen) atoms. The summed E-state index contributed by atoms with van der Waals surface area (Å²) in [6, 6.07) is 0. The monoisotopic (exact) mass is 246 g/mol. The Bertz CT molecular complexity index is 425. The second-order valence-corrected chi connectivity index (χ2v) is 3.07. The topological polar surface area (TPSA) is 121 Å². The van der Waals surface area contributed by atoms with Gasteiger partial charge >= 0.3 is 29.6 Å². The third kappa shape index (κ3) is 4.68. The molecule has 0 aliphatic carbocycles. The second-order valence-electron chi connectivity index (χ2n) is 3.07. The first-order valence-corrected chi connectivity index (χ1v) is 4.68. The molecular formula is C9H11N4NaO3. The number of nitrogens with one attached hydrogen (secondary N) is 1. The normalized spacial score (nSPS) is 9.24. The Hall–Kier alpha value is -1.18. The van der Waals surface area contributed by atoms with Gasteiger partial charge in [-0.3, -0.25) is 4.79 Å². The van der Waals surface area contributed by atoms with Gasteiger partial charge in [-0.1, -0.05) is 6.92 Å². The first-order valence-electron chi connectivity index (χ1n) is 4.68. The fraction of sp³-hybridized carbons (Fsp3) is 0.333. The molecule has 1 amide bonds. The van der Waals surface area contributed by atoms with E-state index < -0.39 is 11.7 Å². The van der Waals surface area contributed by atoms with Crippen molar-refractivity contribution < 1.29 is 44.3 Å². The summed E-state index contributed by atoms with van der Waals surface area (Å²) in [5, 5.41) is 12.9. The van der Waals surface area contributed by atoms with Crippen LogP contribution in [0.5, 0.6) is 0 Å². The molecule has 1 aromatic rings. The molecule has 0 radical (unpaired) electrons. The van der Waals surface area contributed by atoms with E-state index >= 15 is 0 Å². The third-order valence-electron chi connectivity index (χ3n) is 1.74. The summed E-state index contributed by atoms with van der Waals surface area (Å²) in [6.45, 7) is 1.86. The quantitative estimate of drug-likeness (QED) is 0.525. The van der Waals surface area contributed by atoms with E-state index in [9.17, 15) is 14.7 Å². The Balaban J connectivity index is 0.00000256. The van der Waals surface area contributed by atoms with Gasteiger partial charge in [0.15, 0.2) is 11.6 Å². The molecule has 3 N–H and O–H groups in total. The van der Waals surface area contributed by atoms with Crippen LogP contribution in [0.25, 0.3) is 0 Å². The molecule has 0 saturated heterocycles. The number of nitrogens with two attached hydrogens (primary N) is 1. The van der Waals surface area contributed by atoms with Crippen molar-refractivity contribution in [2.45, 2.75) is 19.8 Å². The van der Waals surface area contributed by atoms with Crippen LogP contribution in [0.3, 0.4) is 0 Å². The molecule has 0 atom stereocenters.